The predicted molar refractivity (Wildman–Crippen MR) is 77.7 cm³/mol. The average molecular weight is 246 g/mol. The second kappa shape index (κ2) is 5.85. The van der Waals surface area contributed by atoms with Gasteiger partial charge in [0.05, 0.1) is 0 Å². The minimum atomic E-state index is 0.513. The predicted octanol–water partition coefficient (Wildman–Crippen LogP) is 3.04. The Hall–Kier alpha value is -0.860. The van der Waals surface area contributed by atoms with E-state index in [2.05, 4.69) is 43.9 Å². The molecule has 2 heteroatoms. The van der Waals surface area contributed by atoms with Gasteiger partial charge in [0, 0.05) is 12.6 Å². The highest BCUT2D eigenvalue weighted by atomic mass is 15.2. The van der Waals surface area contributed by atoms with Gasteiger partial charge in [-0.25, -0.2) is 0 Å². The van der Waals surface area contributed by atoms with Crippen molar-refractivity contribution in [2.24, 2.45) is 11.7 Å². The molecule has 0 radical (unpaired) electrons. The summed E-state index contributed by atoms with van der Waals surface area (Å²) in [4.78, 5) is 2.59. The Labute approximate surface area is 111 Å². The SMILES string of the molecule is Cc1ccc(C(C)N2CCCC(CN)C2)cc1C. The molecule has 100 valence electrons. The van der Waals surface area contributed by atoms with Gasteiger partial charge in [-0.1, -0.05) is 18.2 Å². The van der Waals surface area contributed by atoms with E-state index in [9.17, 15) is 0 Å². The zero-order chi connectivity index (χ0) is 13.1. The van der Waals surface area contributed by atoms with Crippen molar-refractivity contribution < 1.29 is 0 Å². The van der Waals surface area contributed by atoms with Crippen LogP contribution in [0.4, 0.5) is 0 Å². The van der Waals surface area contributed by atoms with Crippen molar-refractivity contribution in [3.05, 3.63) is 34.9 Å². The molecule has 1 aromatic carbocycles. The fourth-order valence-electron chi connectivity index (χ4n) is 2.88. The average Bonchev–Trinajstić information content (AvgIpc) is 2.41. The Morgan fingerprint density at radius 1 is 1.33 bits per heavy atom. The standard InChI is InChI=1S/C16H26N2/c1-12-6-7-16(9-13(12)2)14(3)18-8-4-5-15(10-17)11-18/h6-7,9,14-15H,4-5,8,10-11,17H2,1-3H3. The number of rotatable bonds is 3. The van der Waals surface area contributed by atoms with Crippen LogP contribution in [0.15, 0.2) is 18.2 Å². The first-order chi connectivity index (χ1) is 8.61. The van der Waals surface area contributed by atoms with Crippen molar-refractivity contribution in [2.45, 2.75) is 39.7 Å². The molecule has 2 unspecified atom stereocenters. The Balaban J connectivity index is 2.10. The number of benzene rings is 1. The number of piperidine rings is 1. The molecule has 0 bridgehead atoms. The van der Waals surface area contributed by atoms with Crippen LogP contribution in [-0.2, 0) is 0 Å². The summed E-state index contributed by atoms with van der Waals surface area (Å²) in [6, 6.07) is 7.37. The number of hydrogen-bond acceptors (Lipinski definition) is 2. The lowest BCUT2D eigenvalue weighted by molar-refractivity contribution is 0.134. The van der Waals surface area contributed by atoms with Gasteiger partial charge in [-0.05, 0) is 69.3 Å². The molecule has 2 N–H and O–H groups in total. The zero-order valence-corrected chi connectivity index (χ0v) is 11.9. The van der Waals surface area contributed by atoms with Crippen LogP contribution in [-0.4, -0.2) is 24.5 Å². The molecule has 2 atom stereocenters. The first kappa shape index (κ1) is 13.6. The molecule has 18 heavy (non-hydrogen) atoms. The normalized spacial score (nSPS) is 23.0. The molecule has 1 aliphatic rings. The van der Waals surface area contributed by atoms with Gasteiger partial charge >= 0.3 is 0 Å². The number of aryl methyl sites for hydroxylation is 2. The molecule has 2 nitrogen and oxygen atoms in total. The molecule has 0 aromatic heterocycles. The lowest BCUT2D eigenvalue weighted by Crippen LogP contribution is -2.39. The van der Waals surface area contributed by atoms with E-state index in [4.69, 9.17) is 5.73 Å². The Morgan fingerprint density at radius 2 is 2.11 bits per heavy atom. The van der Waals surface area contributed by atoms with E-state index < -0.39 is 0 Å². The first-order valence-corrected chi connectivity index (χ1v) is 7.13. The highest BCUT2D eigenvalue weighted by molar-refractivity contribution is 5.31. The second-order valence-electron chi connectivity index (χ2n) is 5.76. The molecule has 0 saturated carbocycles. The molecular weight excluding hydrogens is 220 g/mol. The lowest BCUT2D eigenvalue weighted by atomic mass is 9.94. The third kappa shape index (κ3) is 2.93. The van der Waals surface area contributed by atoms with Crippen LogP contribution in [0, 0.1) is 19.8 Å². The van der Waals surface area contributed by atoms with Gasteiger partial charge in [-0.3, -0.25) is 4.90 Å². The molecule has 0 aliphatic carbocycles. The van der Waals surface area contributed by atoms with Crippen LogP contribution in [0.2, 0.25) is 0 Å². The summed E-state index contributed by atoms with van der Waals surface area (Å²) in [5.41, 5.74) is 10.0. The van der Waals surface area contributed by atoms with Gasteiger partial charge in [0.25, 0.3) is 0 Å². The minimum absolute atomic E-state index is 0.513. The Morgan fingerprint density at radius 3 is 2.78 bits per heavy atom. The molecule has 1 aromatic rings. The van der Waals surface area contributed by atoms with E-state index >= 15 is 0 Å². The minimum Gasteiger partial charge on any atom is -0.330 e. The summed E-state index contributed by atoms with van der Waals surface area (Å²) in [5.74, 6) is 0.688. The third-order valence-electron chi connectivity index (χ3n) is 4.44. The summed E-state index contributed by atoms with van der Waals surface area (Å²) < 4.78 is 0. The van der Waals surface area contributed by atoms with Crippen molar-refractivity contribution in [2.75, 3.05) is 19.6 Å². The maximum atomic E-state index is 5.82. The highest BCUT2D eigenvalue weighted by Crippen LogP contribution is 2.27. The number of likely N-dealkylation sites (tertiary alicyclic amines) is 1. The fourth-order valence-corrected chi connectivity index (χ4v) is 2.88. The maximum Gasteiger partial charge on any atom is 0.0320 e. The van der Waals surface area contributed by atoms with Gasteiger partial charge in [-0.15, -0.1) is 0 Å². The van der Waals surface area contributed by atoms with Gasteiger partial charge in [0.15, 0.2) is 0 Å². The molecule has 0 spiro atoms. The van der Waals surface area contributed by atoms with Gasteiger partial charge in [-0.2, -0.15) is 0 Å². The smallest absolute Gasteiger partial charge is 0.0320 e. The van der Waals surface area contributed by atoms with Crippen LogP contribution in [0.5, 0.6) is 0 Å². The summed E-state index contributed by atoms with van der Waals surface area (Å²) in [6.45, 7) is 9.90. The highest BCUT2D eigenvalue weighted by Gasteiger charge is 2.23. The maximum absolute atomic E-state index is 5.82. The van der Waals surface area contributed by atoms with Gasteiger partial charge < -0.3 is 5.73 Å². The lowest BCUT2D eigenvalue weighted by Gasteiger charge is -2.36. The van der Waals surface area contributed by atoms with Crippen LogP contribution in [0.1, 0.15) is 42.5 Å². The quantitative estimate of drug-likeness (QED) is 0.888. The van der Waals surface area contributed by atoms with E-state index in [-0.39, 0.29) is 0 Å². The summed E-state index contributed by atoms with van der Waals surface area (Å²) in [5, 5.41) is 0. The van der Waals surface area contributed by atoms with Crippen molar-refractivity contribution >= 4 is 0 Å². The molecule has 1 heterocycles. The van der Waals surface area contributed by atoms with Gasteiger partial charge in [0.1, 0.15) is 0 Å². The van der Waals surface area contributed by atoms with Crippen LogP contribution < -0.4 is 5.73 Å². The van der Waals surface area contributed by atoms with E-state index in [0.29, 0.717) is 12.0 Å². The molecule has 1 saturated heterocycles. The van der Waals surface area contributed by atoms with E-state index in [1.807, 2.05) is 0 Å². The Bertz CT molecular complexity index is 400. The largest absolute Gasteiger partial charge is 0.330 e. The first-order valence-electron chi connectivity index (χ1n) is 7.13. The number of nitrogens with two attached hydrogens (primary N) is 1. The van der Waals surface area contributed by atoms with Crippen molar-refractivity contribution in [3.63, 3.8) is 0 Å². The molecule has 1 aliphatic heterocycles. The molecule has 2 rings (SSSR count). The molecule has 1 fully saturated rings. The van der Waals surface area contributed by atoms with Crippen molar-refractivity contribution in [1.82, 2.24) is 4.90 Å². The van der Waals surface area contributed by atoms with Gasteiger partial charge in [0.2, 0.25) is 0 Å². The van der Waals surface area contributed by atoms with Crippen molar-refractivity contribution in [3.8, 4) is 0 Å². The van der Waals surface area contributed by atoms with E-state index in [1.54, 1.807) is 0 Å². The van der Waals surface area contributed by atoms with Crippen LogP contribution in [0.25, 0.3) is 0 Å². The van der Waals surface area contributed by atoms with E-state index in [1.165, 1.54) is 36.1 Å². The summed E-state index contributed by atoms with van der Waals surface area (Å²) >= 11 is 0. The van der Waals surface area contributed by atoms with Crippen LogP contribution >= 0.6 is 0 Å². The van der Waals surface area contributed by atoms with E-state index in [0.717, 1.165) is 13.1 Å². The zero-order valence-electron chi connectivity index (χ0n) is 11.9. The van der Waals surface area contributed by atoms with Crippen LogP contribution in [0.3, 0.4) is 0 Å². The third-order valence-corrected chi connectivity index (χ3v) is 4.44. The number of nitrogens with zero attached hydrogens (tertiary/aromatic N) is 1. The summed E-state index contributed by atoms with van der Waals surface area (Å²) in [7, 11) is 0. The van der Waals surface area contributed by atoms with Crippen molar-refractivity contribution in [1.29, 1.82) is 0 Å². The molecule has 0 amide bonds. The number of hydrogen-bond donors (Lipinski definition) is 1. The topological polar surface area (TPSA) is 29.3 Å². The Kier molecular flexibility index (Phi) is 4.41. The second-order valence-corrected chi connectivity index (χ2v) is 5.76. The fraction of sp³-hybridized carbons (Fsp3) is 0.625. The molecular formula is C16H26N2. The summed E-state index contributed by atoms with van der Waals surface area (Å²) in [6.07, 6.45) is 2.59. The monoisotopic (exact) mass is 246 g/mol.